The molecule has 27 heavy (non-hydrogen) atoms. The van der Waals surface area contributed by atoms with Gasteiger partial charge < -0.3 is 20.5 Å². The number of carbonyl (C=O) groups excluding carboxylic acids is 3. The molecule has 2 aromatic rings. The molecule has 0 aliphatic carbocycles. The molecular weight excluding hydrogens is 348 g/mol. The van der Waals surface area contributed by atoms with Crippen molar-refractivity contribution in [3.8, 4) is 0 Å². The Balaban J connectivity index is 1.69. The SMILES string of the molecule is CCCn1cnc(C(N)=O)c1NC(=O)C1CC(=O)N(Cc2ccccn2)C1. The number of rotatable bonds is 7. The zero-order valence-electron chi connectivity index (χ0n) is 15.1. The first kappa shape index (κ1) is 18.6. The molecule has 0 bridgehead atoms. The van der Waals surface area contributed by atoms with Gasteiger partial charge in [-0.1, -0.05) is 13.0 Å². The average molecular weight is 370 g/mol. The Morgan fingerprint density at radius 2 is 2.15 bits per heavy atom. The summed E-state index contributed by atoms with van der Waals surface area (Å²) in [4.78, 5) is 46.3. The summed E-state index contributed by atoms with van der Waals surface area (Å²) in [5, 5.41) is 2.74. The first-order chi connectivity index (χ1) is 13.0. The number of aromatic nitrogens is 3. The number of carbonyl (C=O) groups is 3. The van der Waals surface area contributed by atoms with Gasteiger partial charge in [0, 0.05) is 25.7 Å². The fourth-order valence-corrected chi connectivity index (χ4v) is 3.11. The number of primary amides is 1. The van der Waals surface area contributed by atoms with Gasteiger partial charge in [-0.25, -0.2) is 4.98 Å². The first-order valence-electron chi connectivity index (χ1n) is 8.83. The molecule has 1 aliphatic heterocycles. The van der Waals surface area contributed by atoms with Gasteiger partial charge in [-0.15, -0.1) is 0 Å². The highest BCUT2D eigenvalue weighted by Gasteiger charge is 2.35. The van der Waals surface area contributed by atoms with E-state index in [1.165, 1.54) is 6.33 Å². The number of nitrogens with zero attached hydrogens (tertiary/aromatic N) is 4. The highest BCUT2D eigenvalue weighted by atomic mass is 16.2. The Hall–Kier alpha value is -3.23. The molecule has 142 valence electrons. The Morgan fingerprint density at radius 3 is 2.81 bits per heavy atom. The molecule has 9 nitrogen and oxygen atoms in total. The quantitative estimate of drug-likeness (QED) is 0.745. The topological polar surface area (TPSA) is 123 Å². The number of aryl methyl sites for hydroxylation is 1. The number of nitrogens with two attached hydrogens (primary N) is 1. The number of hydrogen-bond donors (Lipinski definition) is 2. The molecule has 2 aromatic heterocycles. The van der Waals surface area contributed by atoms with E-state index in [9.17, 15) is 14.4 Å². The van der Waals surface area contributed by atoms with Crippen molar-refractivity contribution >= 4 is 23.5 Å². The normalized spacial score (nSPS) is 16.6. The van der Waals surface area contributed by atoms with Crippen LogP contribution in [0.15, 0.2) is 30.7 Å². The third kappa shape index (κ3) is 4.13. The molecule has 3 N–H and O–H groups in total. The summed E-state index contributed by atoms with van der Waals surface area (Å²) >= 11 is 0. The highest BCUT2D eigenvalue weighted by molar-refractivity contribution is 6.02. The summed E-state index contributed by atoms with van der Waals surface area (Å²) in [5.74, 6) is -1.36. The molecule has 1 aliphatic rings. The number of amides is 3. The van der Waals surface area contributed by atoms with Crippen LogP contribution >= 0.6 is 0 Å². The minimum atomic E-state index is -0.709. The molecule has 9 heteroatoms. The molecule has 0 spiro atoms. The second-order valence-corrected chi connectivity index (χ2v) is 6.49. The standard InChI is InChI=1S/C18H22N6O3/c1-2-7-23-11-21-15(16(19)26)17(23)22-18(27)12-8-14(25)24(9-12)10-13-5-3-4-6-20-13/h3-6,11-12H,2,7-10H2,1H3,(H2,19,26)(H,22,27). The van der Waals surface area contributed by atoms with Crippen molar-refractivity contribution in [2.45, 2.75) is 32.9 Å². The average Bonchev–Trinajstić information content (AvgIpc) is 3.20. The smallest absolute Gasteiger partial charge is 0.271 e. The van der Waals surface area contributed by atoms with Crippen molar-refractivity contribution in [3.05, 3.63) is 42.1 Å². The maximum atomic E-state index is 12.7. The first-order valence-corrected chi connectivity index (χ1v) is 8.83. The Bertz CT molecular complexity index is 848. The van der Waals surface area contributed by atoms with E-state index in [0.29, 0.717) is 19.6 Å². The molecule has 3 rings (SSSR count). The zero-order chi connectivity index (χ0) is 19.4. The van der Waals surface area contributed by atoms with E-state index < -0.39 is 11.8 Å². The summed E-state index contributed by atoms with van der Waals surface area (Å²) in [6.45, 7) is 3.23. The van der Waals surface area contributed by atoms with Crippen LogP contribution < -0.4 is 11.1 Å². The van der Waals surface area contributed by atoms with Crippen LogP contribution in [0, 0.1) is 5.92 Å². The van der Waals surface area contributed by atoms with E-state index in [1.54, 1.807) is 21.7 Å². The van der Waals surface area contributed by atoms with Crippen LogP contribution in [0.25, 0.3) is 0 Å². The lowest BCUT2D eigenvalue weighted by molar-refractivity contribution is -0.128. The van der Waals surface area contributed by atoms with E-state index in [4.69, 9.17) is 5.73 Å². The molecular formula is C18H22N6O3. The second kappa shape index (κ2) is 7.98. The van der Waals surface area contributed by atoms with Gasteiger partial charge in [-0.3, -0.25) is 19.4 Å². The van der Waals surface area contributed by atoms with Crippen LogP contribution in [-0.4, -0.2) is 43.7 Å². The predicted molar refractivity (Wildman–Crippen MR) is 97.4 cm³/mol. The molecule has 1 fully saturated rings. The summed E-state index contributed by atoms with van der Waals surface area (Å²) in [5.41, 5.74) is 6.14. The van der Waals surface area contributed by atoms with Gasteiger partial charge in [0.15, 0.2) is 5.69 Å². The van der Waals surface area contributed by atoms with E-state index in [0.717, 1.165) is 12.1 Å². The minimum Gasteiger partial charge on any atom is -0.364 e. The lowest BCUT2D eigenvalue weighted by Crippen LogP contribution is -2.29. The van der Waals surface area contributed by atoms with E-state index in [1.807, 2.05) is 19.1 Å². The molecule has 0 saturated carbocycles. The molecule has 3 heterocycles. The summed E-state index contributed by atoms with van der Waals surface area (Å²) in [6, 6.07) is 5.50. The third-order valence-electron chi connectivity index (χ3n) is 4.44. The van der Waals surface area contributed by atoms with Crippen molar-refractivity contribution in [1.29, 1.82) is 0 Å². The van der Waals surface area contributed by atoms with Crippen molar-refractivity contribution in [3.63, 3.8) is 0 Å². The number of likely N-dealkylation sites (tertiary alicyclic amines) is 1. The van der Waals surface area contributed by atoms with Crippen LogP contribution in [-0.2, 0) is 22.7 Å². The van der Waals surface area contributed by atoms with Crippen LogP contribution in [0.2, 0.25) is 0 Å². The highest BCUT2D eigenvalue weighted by Crippen LogP contribution is 2.23. The lowest BCUT2D eigenvalue weighted by atomic mass is 10.1. The van der Waals surface area contributed by atoms with Gasteiger partial charge in [0.25, 0.3) is 5.91 Å². The number of anilines is 1. The largest absolute Gasteiger partial charge is 0.364 e. The number of imidazole rings is 1. The predicted octanol–water partition coefficient (Wildman–Crippen LogP) is 0.774. The van der Waals surface area contributed by atoms with E-state index >= 15 is 0 Å². The summed E-state index contributed by atoms with van der Waals surface area (Å²) in [7, 11) is 0. The van der Waals surface area contributed by atoms with Crippen molar-refractivity contribution in [1.82, 2.24) is 19.4 Å². The summed E-state index contributed by atoms with van der Waals surface area (Å²) < 4.78 is 1.68. The monoisotopic (exact) mass is 370 g/mol. The minimum absolute atomic E-state index is 0.0199. The Kier molecular flexibility index (Phi) is 5.49. The number of nitrogens with one attached hydrogen (secondary N) is 1. The second-order valence-electron chi connectivity index (χ2n) is 6.49. The van der Waals surface area contributed by atoms with Crippen LogP contribution in [0.4, 0.5) is 5.82 Å². The van der Waals surface area contributed by atoms with Crippen molar-refractivity contribution in [2.75, 3.05) is 11.9 Å². The van der Waals surface area contributed by atoms with E-state index in [-0.39, 0.29) is 29.7 Å². The number of pyridine rings is 1. The van der Waals surface area contributed by atoms with Gasteiger partial charge in [0.2, 0.25) is 11.8 Å². The molecule has 1 unspecified atom stereocenters. The number of hydrogen-bond acceptors (Lipinski definition) is 5. The molecule has 3 amide bonds. The van der Waals surface area contributed by atoms with Crippen molar-refractivity contribution < 1.29 is 14.4 Å². The van der Waals surface area contributed by atoms with Gasteiger partial charge >= 0.3 is 0 Å². The van der Waals surface area contributed by atoms with Gasteiger partial charge in [0.1, 0.15) is 5.82 Å². The van der Waals surface area contributed by atoms with Crippen molar-refractivity contribution in [2.24, 2.45) is 11.7 Å². The maximum absolute atomic E-state index is 12.7. The molecule has 1 saturated heterocycles. The lowest BCUT2D eigenvalue weighted by Gasteiger charge is -2.16. The molecule has 1 atom stereocenters. The Labute approximate surface area is 156 Å². The molecule has 0 radical (unpaired) electrons. The zero-order valence-corrected chi connectivity index (χ0v) is 15.1. The Morgan fingerprint density at radius 1 is 1.33 bits per heavy atom. The van der Waals surface area contributed by atoms with E-state index in [2.05, 4.69) is 15.3 Å². The van der Waals surface area contributed by atoms with Crippen LogP contribution in [0.3, 0.4) is 0 Å². The summed E-state index contributed by atoms with van der Waals surface area (Å²) in [6.07, 6.45) is 4.07. The van der Waals surface area contributed by atoms with Crippen LogP contribution in [0.5, 0.6) is 0 Å². The van der Waals surface area contributed by atoms with Gasteiger partial charge in [0.05, 0.1) is 24.5 Å². The fourth-order valence-electron chi connectivity index (χ4n) is 3.11. The third-order valence-corrected chi connectivity index (χ3v) is 4.44. The maximum Gasteiger partial charge on any atom is 0.271 e. The van der Waals surface area contributed by atoms with Crippen LogP contribution in [0.1, 0.15) is 35.9 Å². The van der Waals surface area contributed by atoms with Gasteiger partial charge in [-0.2, -0.15) is 0 Å². The fraction of sp³-hybridized carbons (Fsp3) is 0.389. The molecule has 0 aromatic carbocycles. The van der Waals surface area contributed by atoms with Gasteiger partial charge in [-0.05, 0) is 18.6 Å².